The van der Waals surface area contributed by atoms with Crippen LogP contribution in [0, 0.1) is 11.6 Å². The van der Waals surface area contributed by atoms with Crippen LogP contribution < -0.4 is 0 Å². The average molecular weight is 343 g/mol. The lowest BCUT2D eigenvalue weighted by Crippen LogP contribution is -2.34. The smallest absolute Gasteiger partial charge is 0.176 e. The Hall–Kier alpha value is -2.41. The van der Waals surface area contributed by atoms with Gasteiger partial charge in [0.15, 0.2) is 17.3 Å². The molecule has 4 rings (SSSR count). The molecule has 0 amide bonds. The van der Waals surface area contributed by atoms with E-state index in [1.165, 1.54) is 12.1 Å². The second-order valence-corrected chi connectivity index (χ2v) is 6.56. The maximum atomic E-state index is 13.4. The van der Waals surface area contributed by atoms with Crippen molar-refractivity contribution in [2.24, 2.45) is 7.05 Å². The normalized spacial score (nSPS) is 18.8. The largest absolute Gasteiger partial charge is 0.298 e. The van der Waals surface area contributed by atoms with Gasteiger partial charge < -0.3 is 0 Å². The first kappa shape index (κ1) is 16.1. The fourth-order valence-corrected chi connectivity index (χ4v) is 3.60. The van der Waals surface area contributed by atoms with Gasteiger partial charge in [-0.15, -0.1) is 0 Å². The van der Waals surface area contributed by atoms with Crippen LogP contribution in [0.15, 0.2) is 30.6 Å². The van der Waals surface area contributed by atoms with Crippen molar-refractivity contribution in [2.45, 2.75) is 25.3 Å². The molecule has 3 aromatic rings. The van der Waals surface area contributed by atoms with Crippen molar-refractivity contribution in [3.8, 4) is 0 Å². The summed E-state index contributed by atoms with van der Waals surface area (Å²) in [6, 6.07) is 4.11. The van der Waals surface area contributed by atoms with Crippen LogP contribution in [0.1, 0.15) is 30.0 Å². The van der Waals surface area contributed by atoms with Crippen molar-refractivity contribution >= 4 is 11.2 Å². The van der Waals surface area contributed by atoms with E-state index in [0.29, 0.717) is 6.54 Å². The molecule has 0 bridgehead atoms. The third-order valence-electron chi connectivity index (χ3n) is 4.77. The minimum Gasteiger partial charge on any atom is -0.298 e. The molecule has 1 fully saturated rings. The molecule has 1 saturated heterocycles. The number of nitrogens with zero attached hydrogens (tertiary/aromatic N) is 5. The lowest BCUT2D eigenvalue weighted by atomic mass is 9.94. The molecule has 1 aromatic carbocycles. The SMILES string of the molecule is Cn1nc([C@@H]2CCCN(Cc3ccc(F)c(F)c3)C2)c2nccnc21. The Morgan fingerprint density at radius 1 is 1.16 bits per heavy atom. The molecule has 0 saturated carbocycles. The number of halogens is 2. The molecule has 0 N–H and O–H groups in total. The van der Waals surface area contributed by atoms with E-state index in [0.717, 1.165) is 48.4 Å². The van der Waals surface area contributed by atoms with Gasteiger partial charge in [0, 0.05) is 38.4 Å². The molecule has 7 heteroatoms. The minimum atomic E-state index is -0.807. The Morgan fingerprint density at radius 2 is 2.00 bits per heavy atom. The first-order chi connectivity index (χ1) is 12.1. The van der Waals surface area contributed by atoms with Crippen LogP contribution in [0.5, 0.6) is 0 Å². The van der Waals surface area contributed by atoms with Gasteiger partial charge in [-0.25, -0.2) is 23.4 Å². The zero-order valence-corrected chi connectivity index (χ0v) is 14.0. The molecule has 25 heavy (non-hydrogen) atoms. The van der Waals surface area contributed by atoms with Crippen LogP contribution >= 0.6 is 0 Å². The van der Waals surface area contributed by atoms with E-state index in [2.05, 4.69) is 20.0 Å². The van der Waals surface area contributed by atoms with Gasteiger partial charge in [-0.1, -0.05) is 6.07 Å². The maximum absolute atomic E-state index is 13.4. The van der Waals surface area contributed by atoms with Crippen molar-refractivity contribution < 1.29 is 8.78 Å². The second-order valence-electron chi connectivity index (χ2n) is 6.56. The van der Waals surface area contributed by atoms with Gasteiger partial charge in [-0.05, 0) is 37.1 Å². The highest BCUT2D eigenvalue weighted by Gasteiger charge is 2.26. The third-order valence-corrected chi connectivity index (χ3v) is 4.77. The molecule has 1 aliphatic heterocycles. The summed E-state index contributed by atoms with van der Waals surface area (Å²) in [6.45, 7) is 2.36. The van der Waals surface area contributed by atoms with E-state index < -0.39 is 11.6 Å². The van der Waals surface area contributed by atoms with Crippen molar-refractivity contribution in [3.63, 3.8) is 0 Å². The van der Waals surface area contributed by atoms with E-state index in [-0.39, 0.29) is 5.92 Å². The number of aryl methyl sites for hydroxylation is 1. The standard InChI is InChI=1S/C18H19F2N5/c1-24-18-17(21-6-7-22-18)16(23-24)13-3-2-8-25(11-13)10-12-4-5-14(19)15(20)9-12/h4-7,9,13H,2-3,8,10-11H2,1H3/t13-/m1/s1. The van der Waals surface area contributed by atoms with Crippen LogP contribution in [-0.2, 0) is 13.6 Å². The fraction of sp³-hybridized carbons (Fsp3) is 0.389. The highest BCUT2D eigenvalue weighted by Crippen LogP contribution is 2.30. The summed E-state index contributed by atoms with van der Waals surface area (Å²) in [5.41, 5.74) is 3.39. The summed E-state index contributed by atoms with van der Waals surface area (Å²) in [4.78, 5) is 11.1. The predicted octanol–water partition coefficient (Wildman–Crippen LogP) is 3.02. The summed E-state index contributed by atoms with van der Waals surface area (Å²) < 4.78 is 28.3. The van der Waals surface area contributed by atoms with E-state index in [4.69, 9.17) is 0 Å². The maximum Gasteiger partial charge on any atom is 0.176 e. The van der Waals surface area contributed by atoms with Gasteiger partial charge >= 0.3 is 0 Å². The quantitative estimate of drug-likeness (QED) is 0.733. The van der Waals surface area contributed by atoms with Gasteiger partial charge in [-0.3, -0.25) is 4.90 Å². The second kappa shape index (κ2) is 6.48. The molecule has 1 atom stereocenters. The number of hydrogen-bond acceptors (Lipinski definition) is 4. The monoisotopic (exact) mass is 343 g/mol. The molecular weight excluding hydrogens is 324 g/mol. The lowest BCUT2D eigenvalue weighted by molar-refractivity contribution is 0.198. The van der Waals surface area contributed by atoms with Crippen LogP contribution in [0.2, 0.25) is 0 Å². The van der Waals surface area contributed by atoms with Crippen molar-refractivity contribution in [2.75, 3.05) is 13.1 Å². The first-order valence-electron chi connectivity index (χ1n) is 8.41. The van der Waals surface area contributed by atoms with Gasteiger partial charge in [0.1, 0.15) is 5.52 Å². The summed E-state index contributed by atoms with van der Waals surface area (Å²) in [6.07, 6.45) is 5.43. The van der Waals surface area contributed by atoms with Crippen molar-refractivity contribution in [1.29, 1.82) is 0 Å². The fourth-order valence-electron chi connectivity index (χ4n) is 3.60. The molecule has 2 aromatic heterocycles. The van der Waals surface area contributed by atoms with Gasteiger partial charge in [0.2, 0.25) is 0 Å². The van der Waals surface area contributed by atoms with Crippen LogP contribution in [-0.4, -0.2) is 37.7 Å². The zero-order chi connectivity index (χ0) is 17.4. The highest BCUT2D eigenvalue weighted by molar-refractivity contribution is 5.73. The lowest BCUT2D eigenvalue weighted by Gasteiger charge is -2.32. The minimum absolute atomic E-state index is 0.263. The number of aromatic nitrogens is 4. The van der Waals surface area contributed by atoms with Crippen LogP contribution in [0.3, 0.4) is 0 Å². The zero-order valence-electron chi connectivity index (χ0n) is 14.0. The van der Waals surface area contributed by atoms with Crippen LogP contribution in [0.25, 0.3) is 11.2 Å². The van der Waals surface area contributed by atoms with Crippen molar-refractivity contribution in [1.82, 2.24) is 24.6 Å². The van der Waals surface area contributed by atoms with E-state index in [1.54, 1.807) is 23.1 Å². The number of hydrogen-bond donors (Lipinski definition) is 0. The summed E-state index contributed by atoms with van der Waals surface area (Å²) in [5.74, 6) is -1.34. The first-order valence-corrected chi connectivity index (χ1v) is 8.41. The van der Waals surface area contributed by atoms with Gasteiger partial charge in [0.05, 0.1) is 5.69 Å². The summed E-state index contributed by atoms with van der Waals surface area (Å²) in [5, 5.41) is 4.64. The van der Waals surface area contributed by atoms with Gasteiger partial charge in [0.25, 0.3) is 0 Å². The third kappa shape index (κ3) is 3.11. The molecule has 0 unspecified atom stereocenters. The molecule has 0 spiro atoms. The summed E-state index contributed by atoms with van der Waals surface area (Å²) in [7, 11) is 1.88. The Balaban J connectivity index is 1.55. The Morgan fingerprint density at radius 3 is 2.84 bits per heavy atom. The molecule has 0 aliphatic carbocycles. The number of piperidine rings is 1. The van der Waals surface area contributed by atoms with Gasteiger partial charge in [-0.2, -0.15) is 5.10 Å². The number of benzene rings is 1. The molecule has 3 heterocycles. The van der Waals surface area contributed by atoms with E-state index in [9.17, 15) is 8.78 Å². The average Bonchev–Trinajstić information content (AvgIpc) is 2.96. The van der Waals surface area contributed by atoms with Crippen LogP contribution in [0.4, 0.5) is 8.78 Å². The molecule has 5 nitrogen and oxygen atoms in total. The number of fused-ring (bicyclic) bond motifs is 1. The van der Waals surface area contributed by atoms with E-state index >= 15 is 0 Å². The Kier molecular flexibility index (Phi) is 4.17. The Bertz CT molecular complexity index is 908. The Labute approximate surface area is 144 Å². The number of rotatable bonds is 3. The van der Waals surface area contributed by atoms with E-state index in [1.807, 2.05) is 7.05 Å². The molecule has 0 radical (unpaired) electrons. The number of likely N-dealkylation sites (tertiary alicyclic amines) is 1. The summed E-state index contributed by atoms with van der Waals surface area (Å²) >= 11 is 0. The molecule has 1 aliphatic rings. The highest BCUT2D eigenvalue weighted by atomic mass is 19.2. The molecule has 130 valence electrons. The van der Waals surface area contributed by atoms with Crippen molar-refractivity contribution in [3.05, 3.63) is 53.5 Å². The predicted molar refractivity (Wildman–Crippen MR) is 89.9 cm³/mol. The topological polar surface area (TPSA) is 46.8 Å². The molecular formula is C18H19F2N5.